The van der Waals surface area contributed by atoms with E-state index in [4.69, 9.17) is 21.1 Å². The topological polar surface area (TPSA) is 64.6 Å². The number of benzene rings is 1. The molecule has 3 rings (SSSR count). The van der Waals surface area contributed by atoms with Gasteiger partial charge in [0.25, 0.3) is 5.91 Å². The average Bonchev–Trinajstić information content (AvgIpc) is 3.12. The highest BCUT2D eigenvalue weighted by atomic mass is 35.5. The average molecular weight is 520 g/mol. The number of hydrogen-bond donors (Lipinski definition) is 1. The van der Waals surface area contributed by atoms with Gasteiger partial charge in [-0.2, -0.15) is 0 Å². The summed E-state index contributed by atoms with van der Waals surface area (Å²) in [5.74, 6) is -0.222. The number of hydrogen-bond acceptors (Lipinski definition) is 5. The van der Waals surface area contributed by atoms with Gasteiger partial charge in [0.15, 0.2) is 6.10 Å². The molecule has 35 heavy (non-hydrogen) atoms. The van der Waals surface area contributed by atoms with Gasteiger partial charge in [0.05, 0.1) is 16.7 Å². The van der Waals surface area contributed by atoms with E-state index in [1.54, 1.807) is 13.0 Å². The molecule has 5 nitrogen and oxygen atoms in total. The molecule has 1 aliphatic carbocycles. The van der Waals surface area contributed by atoms with Crippen molar-refractivity contribution in [3.8, 4) is 5.75 Å². The van der Waals surface area contributed by atoms with Gasteiger partial charge in [-0.05, 0) is 76.6 Å². The van der Waals surface area contributed by atoms with Crippen molar-refractivity contribution in [1.29, 1.82) is 0 Å². The quantitative estimate of drug-likeness (QED) is 0.394. The molecule has 1 aromatic carbocycles. The zero-order valence-electron chi connectivity index (χ0n) is 21.4. The summed E-state index contributed by atoms with van der Waals surface area (Å²) < 4.78 is 11.5. The van der Waals surface area contributed by atoms with E-state index in [0.717, 1.165) is 43.2 Å². The highest BCUT2D eigenvalue weighted by Crippen LogP contribution is 2.37. The minimum absolute atomic E-state index is 0.237. The van der Waals surface area contributed by atoms with Crippen LogP contribution in [0.4, 0.5) is 5.00 Å². The second kappa shape index (κ2) is 13.3. The summed E-state index contributed by atoms with van der Waals surface area (Å²) in [6.07, 6.45) is 10.2. The normalized spacial score (nSPS) is 15.9. The number of ether oxygens (including phenoxy) is 2. The fourth-order valence-corrected chi connectivity index (χ4v) is 5.80. The highest BCUT2D eigenvalue weighted by molar-refractivity contribution is 7.17. The van der Waals surface area contributed by atoms with Crippen LogP contribution in [0.15, 0.2) is 18.2 Å². The number of aryl methyl sites for hydroxylation is 2. The Labute approximate surface area is 218 Å². The van der Waals surface area contributed by atoms with Gasteiger partial charge in [0, 0.05) is 4.88 Å². The van der Waals surface area contributed by atoms with E-state index in [1.165, 1.54) is 48.3 Å². The van der Waals surface area contributed by atoms with Crippen LogP contribution in [0, 0.1) is 6.92 Å². The lowest BCUT2D eigenvalue weighted by Crippen LogP contribution is -2.30. The van der Waals surface area contributed by atoms with Crippen LogP contribution in [0.3, 0.4) is 0 Å². The van der Waals surface area contributed by atoms with Crippen LogP contribution >= 0.6 is 22.9 Å². The third-order valence-corrected chi connectivity index (χ3v) is 7.73. The molecule has 0 saturated carbocycles. The van der Waals surface area contributed by atoms with Crippen molar-refractivity contribution in [3.63, 3.8) is 0 Å². The van der Waals surface area contributed by atoms with E-state index in [9.17, 15) is 9.59 Å². The second-order valence-electron chi connectivity index (χ2n) is 9.67. The van der Waals surface area contributed by atoms with Gasteiger partial charge in [-0.3, -0.25) is 4.79 Å². The molecule has 0 fully saturated rings. The van der Waals surface area contributed by atoms with E-state index in [-0.39, 0.29) is 18.0 Å². The molecule has 1 amide bonds. The van der Waals surface area contributed by atoms with Crippen LogP contribution in [0.1, 0.15) is 98.5 Å². The molecule has 0 unspecified atom stereocenters. The summed E-state index contributed by atoms with van der Waals surface area (Å²) in [5, 5.41) is 4.00. The maximum Gasteiger partial charge on any atom is 0.341 e. The number of anilines is 1. The van der Waals surface area contributed by atoms with Crippen LogP contribution in [-0.2, 0) is 22.4 Å². The number of rotatable bonds is 6. The first-order valence-corrected chi connectivity index (χ1v) is 14.0. The van der Waals surface area contributed by atoms with Gasteiger partial charge in [-0.25, -0.2) is 4.79 Å². The zero-order valence-corrected chi connectivity index (χ0v) is 22.9. The molecule has 0 saturated heterocycles. The fourth-order valence-electron chi connectivity index (χ4n) is 4.36. The third kappa shape index (κ3) is 7.97. The summed E-state index contributed by atoms with van der Waals surface area (Å²) in [5.41, 5.74) is 2.56. The molecule has 1 heterocycles. The van der Waals surface area contributed by atoms with E-state index in [1.807, 2.05) is 32.9 Å². The predicted octanol–water partition coefficient (Wildman–Crippen LogP) is 7.90. The molecule has 1 N–H and O–H groups in total. The van der Waals surface area contributed by atoms with Crippen LogP contribution in [-0.4, -0.2) is 24.1 Å². The largest absolute Gasteiger partial charge is 0.479 e. The molecule has 1 atom stereocenters. The van der Waals surface area contributed by atoms with Crippen molar-refractivity contribution >= 4 is 39.8 Å². The second-order valence-corrected chi connectivity index (χ2v) is 11.2. The molecule has 7 heteroatoms. The first-order chi connectivity index (χ1) is 16.8. The molecule has 0 bridgehead atoms. The van der Waals surface area contributed by atoms with Crippen LogP contribution in [0.5, 0.6) is 5.75 Å². The third-order valence-electron chi connectivity index (χ3n) is 6.21. The van der Waals surface area contributed by atoms with Gasteiger partial charge >= 0.3 is 5.97 Å². The summed E-state index contributed by atoms with van der Waals surface area (Å²) in [7, 11) is 0. The van der Waals surface area contributed by atoms with Crippen molar-refractivity contribution in [2.45, 2.75) is 104 Å². The number of halogens is 1. The Morgan fingerprint density at radius 3 is 2.26 bits per heavy atom. The Balaban J connectivity index is 1.87. The smallest absolute Gasteiger partial charge is 0.341 e. The lowest BCUT2D eigenvalue weighted by atomic mass is 9.97. The maximum absolute atomic E-state index is 13.2. The number of nitrogens with one attached hydrogen (secondary N) is 1. The van der Waals surface area contributed by atoms with Crippen molar-refractivity contribution in [2.75, 3.05) is 5.32 Å². The number of esters is 1. The van der Waals surface area contributed by atoms with E-state index in [2.05, 4.69) is 5.32 Å². The monoisotopic (exact) mass is 519 g/mol. The van der Waals surface area contributed by atoms with Gasteiger partial charge < -0.3 is 14.8 Å². The molecule has 0 aliphatic heterocycles. The van der Waals surface area contributed by atoms with Crippen molar-refractivity contribution in [3.05, 3.63) is 44.8 Å². The Morgan fingerprint density at radius 2 is 1.60 bits per heavy atom. The van der Waals surface area contributed by atoms with Crippen LogP contribution in [0.25, 0.3) is 0 Å². The lowest BCUT2D eigenvalue weighted by Gasteiger charge is -2.16. The van der Waals surface area contributed by atoms with E-state index >= 15 is 0 Å². The summed E-state index contributed by atoms with van der Waals surface area (Å²) >= 11 is 7.77. The fraction of sp³-hybridized carbons (Fsp3) is 0.571. The SMILES string of the molecule is Cc1ccc(Cl)c(O[C@H](C)C(=O)Nc2sc3c(c2C(=O)OC(C)C)CCCCCCCCCC3)c1. The molecule has 0 radical (unpaired) electrons. The van der Waals surface area contributed by atoms with Gasteiger partial charge in [-0.1, -0.05) is 56.2 Å². The van der Waals surface area contributed by atoms with Gasteiger partial charge in [0.1, 0.15) is 10.8 Å². The molecule has 192 valence electrons. The van der Waals surface area contributed by atoms with Crippen LogP contribution < -0.4 is 10.1 Å². The highest BCUT2D eigenvalue weighted by Gasteiger charge is 2.28. The minimum Gasteiger partial charge on any atom is -0.479 e. The summed E-state index contributed by atoms with van der Waals surface area (Å²) in [4.78, 5) is 27.5. The summed E-state index contributed by atoms with van der Waals surface area (Å²) in [6.45, 7) is 7.31. The number of fused-ring (bicyclic) bond motifs is 1. The van der Waals surface area contributed by atoms with Crippen molar-refractivity contribution < 1.29 is 19.1 Å². The van der Waals surface area contributed by atoms with Crippen molar-refractivity contribution in [2.24, 2.45) is 0 Å². The summed E-state index contributed by atoms with van der Waals surface area (Å²) in [6, 6.07) is 5.46. The van der Waals surface area contributed by atoms with Crippen LogP contribution in [0.2, 0.25) is 5.02 Å². The zero-order chi connectivity index (χ0) is 25.4. The number of carbonyl (C=O) groups excluding carboxylic acids is 2. The van der Waals surface area contributed by atoms with Crippen molar-refractivity contribution in [1.82, 2.24) is 0 Å². The predicted molar refractivity (Wildman–Crippen MR) is 144 cm³/mol. The first kappa shape index (κ1) is 27.5. The van der Waals surface area contributed by atoms with E-state index < -0.39 is 6.10 Å². The molecule has 0 spiro atoms. The van der Waals surface area contributed by atoms with Gasteiger partial charge in [0.2, 0.25) is 0 Å². The first-order valence-electron chi connectivity index (χ1n) is 12.9. The Morgan fingerprint density at radius 1 is 0.971 bits per heavy atom. The Kier molecular flexibility index (Phi) is 10.5. The molecule has 1 aliphatic rings. The Hall–Kier alpha value is -2.05. The molecular formula is C28H38ClNO4S. The number of carbonyl (C=O) groups is 2. The molecular weight excluding hydrogens is 482 g/mol. The Bertz CT molecular complexity index is 1020. The lowest BCUT2D eigenvalue weighted by molar-refractivity contribution is -0.122. The number of thiophene rings is 1. The molecule has 2 aromatic rings. The molecule has 1 aromatic heterocycles. The van der Waals surface area contributed by atoms with E-state index in [0.29, 0.717) is 21.3 Å². The van der Waals surface area contributed by atoms with Gasteiger partial charge in [-0.15, -0.1) is 11.3 Å². The minimum atomic E-state index is -0.786. The maximum atomic E-state index is 13.2. The standard InChI is InChI=1S/C28H38ClNO4S/c1-18(2)33-28(32)25-21-13-11-9-7-5-6-8-10-12-14-24(21)35-27(25)30-26(31)20(4)34-23-17-19(3)15-16-22(23)29/h15-18,20H,5-14H2,1-4H3,(H,30,31)/t20-/m1/s1. The number of amides is 1.